The van der Waals surface area contributed by atoms with Gasteiger partial charge in [0, 0.05) is 5.57 Å². The minimum atomic E-state index is -0.00777. The summed E-state index contributed by atoms with van der Waals surface area (Å²) in [6, 6.07) is 8.80. The van der Waals surface area contributed by atoms with Crippen molar-refractivity contribution in [2.75, 3.05) is 0 Å². The molecule has 0 saturated heterocycles. The summed E-state index contributed by atoms with van der Waals surface area (Å²) in [7, 11) is 0. The first kappa shape index (κ1) is 19.9. The Labute approximate surface area is 171 Å². The second kappa shape index (κ2) is 8.17. The van der Waals surface area contributed by atoms with E-state index >= 15 is 4.39 Å². The number of allylic oxidation sites excluding steroid dienone is 4. The van der Waals surface area contributed by atoms with Gasteiger partial charge >= 0.3 is 0 Å². The molecule has 1 atom stereocenters. The zero-order valence-corrected chi connectivity index (χ0v) is 18.0. The predicted octanol–water partition coefficient (Wildman–Crippen LogP) is 8.45. The van der Waals surface area contributed by atoms with E-state index in [1.165, 1.54) is 56.9 Å². The smallest absolute Gasteiger partial charge is 0.127 e. The molecule has 0 amide bonds. The van der Waals surface area contributed by atoms with E-state index in [1.807, 2.05) is 6.08 Å². The fourth-order valence-corrected chi connectivity index (χ4v) is 5.83. The number of halogens is 1. The maximum Gasteiger partial charge on any atom is 0.127 e. The molecule has 4 rings (SSSR count). The van der Waals surface area contributed by atoms with Crippen molar-refractivity contribution >= 4 is 5.57 Å². The van der Waals surface area contributed by atoms with Crippen molar-refractivity contribution in [2.45, 2.75) is 84.5 Å². The average Bonchev–Trinajstić information content (AvgIpc) is 2.69. The zero-order chi connectivity index (χ0) is 19.7. The monoisotopic (exact) mass is 380 g/mol. The van der Waals surface area contributed by atoms with Gasteiger partial charge in [0.05, 0.1) is 0 Å². The number of rotatable bonds is 3. The maximum atomic E-state index is 15.2. The highest BCUT2D eigenvalue weighted by atomic mass is 19.1. The molecule has 3 aliphatic rings. The molecule has 0 heterocycles. The van der Waals surface area contributed by atoms with Gasteiger partial charge in [-0.3, -0.25) is 0 Å². The summed E-state index contributed by atoms with van der Waals surface area (Å²) in [5.74, 6) is 3.04. The van der Waals surface area contributed by atoms with E-state index in [9.17, 15) is 0 Å². The van der Waals surface area contributed by atoms with E-state index in [1.54, 1.807) is 0 Å². The molecule has 152 valence electrons. The lowest BCUT2D eigenvalue weighted by Gasteiger charge is -2.40. The van der Waals surface area contributed by atoms with E-state index in [4.69, 9.17) is 0 Å². The van der Waals surface area contributed by atoms with Gasteiger partial charge in [-0.1, -0.05) is 76.8 Å². The average molecular weight is 381 g/mol. The van der Waals surface area contributed by atoms with Gasteiger partial charge in [0.25, 0.3) is 0 Å². The fourth-order valence-electron chi connectivity index (χ4n) is 5.83. The first-order valence-corrected chi connectivity index (χ1v) is 11.6. The van der Waals surface area contributed by atoms with Crippen LogP contribution >= 0.6 is 0 Å². The van der Waals surface area contributed by atoms with Crippen LogP contribution in [0, 0.1) is 23.2 Å². The Bertz CT molecular complexity index is 724. The Morgan fingerprint density at radius 3 is 1.96 bits per heavy atom. The first-order valence-electron chi connectivity index (χ1n) is 11.6. The SMILES string of the molecule is CC1CCC(c2ccc(C3=CC[C@](C)(C4CCC(C)CC4)C=C3F)cc2)CC1. The van der Waals surface area contributed by atoms with Crippen molar-refractivity contribution in [1.29, 1.82) is 0 Å². The minimum Gasteiger partial charge on any atom is -0.207 e. The molecular weight excluding hydrogens is 343 g/mol. The fraction of sp³-hybridized carbons (Fsp3) is 0.630. The van der Waals surface area contributed by atoms with Gasteiger partial charge in [-0.2, -0.15) is 0 Å². The number of benzene rings is 1. The molecule has 3 aliphatic carbocycles. The van der Waals surface area contributed by atoms with Crippen LogP contribution in [-0.2, 0) is 0 Å². The summed E-state index contributed by atoms with van der Waals surface area (Å²) < 4.78 is 15.2. The quantitative estimate of drug-likeness (QED) is 0.493. The van der Waals surface area contributed by atoms with Gasteiger partial charge in [0.15, 0.2) is 0 Å². The first-order chi connectivity index (χ1) is 13.4. The molecule has 0 bridgehead atoms. The summed E-state index contributed by atoms with van der Waals surface area (Å²) in [5, 5.41) is 0. The third-order valence-electron chi connectivity index (χ3n) is 8.12. The highest BCUT2D eigenvalue weighted by Crippen LogP contribution is 2.48. The molecule has 0 unspecified atom stereocenters. The van der Waals surface area contributed by atoms with Crippen LogP contribution < -0.4 is 0 Å². The van der Waals surface area contributed by atoms with Crippen molar-refractivity contribution < 1.29 is 4.39 Å². The Balaban J connectivity index is 1.45. The molecule has 0 aliphatic heterocycles. The molecule has 0 aromatic heterocycles. The molecule has 2 saturated carbocycles. The normalized spacial score (nSPS) is 36.6. The van der Waals surface area contributed by atoms with Crippen molar-refractivity contribution in [3.05, 3.63) is 53.4 Å². The van der Waals surface area contributed by atoms with Crippen molar-refractivity contribution in [2.24, 2.45) is 23.2 Å². The third-order valence-corrected chi connectivity index (χ3v) is 8.12. The molecule has 28 heavy (non-hydrogen) atoms. The van der Waals surface area contributed by atoms with E-state index < -0.39 is 0 Å². The third kappa shape index (κ3) is 4.14. The van der Waals surface area contributed by atoms with E-state index in [0.717, 1.165) is 29.4 Å². The largest absolute Gasteiger partial charge is 0.207 e. The van der Waals surface area contributed by atoms with Gasteiger partial charge in [-0.25, -0.2) is 4.39 Å². The molecule has 0 nitrogen and oxygen atoms in total. The Morgan fingerprint density at radius 2 is 1.39 bits per heavy atom. The molecule has 0 N–H and O–H groups in total. The van der Waals surface area contributed by atoms with E-state index in [0.29, 0.717) is 11.8 Å². The van der Waals surface area contributed by atoms with Crippen LogP contribution in [0.4, 0.5) is 4.39 Å². The van der Waals surface area contributed by atoms with Gasteiger partial charge in [0.2, 0.25) is 0 Å². The predicted molar refractivity (Wildman–Crippen MR) is 118 cm³/mol. The number of hydrogen-bond acceptors (Lipinski definition) is 0. The van der Waals surface area contributed by atoms with Crippen LogP contribution in [0.15, 0.2) is 42.2 Å². The lowest BCUT2D eigenvalue weighted by Crippen LogP contribution is -2.30. The van der Waals surface area contributed by atoms with Crippen LogP contribution in [0.2, 0.25) is 0 Å². The lowest BCUT2D eigenvalue weighted by molar-refractivity contribution is 0.163. The van der Waals surface area contributed by atoms with Crippen molar-refractivity contribution in [3.63, 3.8) is 0 Å². The van der Waals surface area contributed by atoms with Crippen LogP contribution in [0.1, 0.15) is 95.6 Å². The van der Waals surface area contributed by atoms with E-state index in [-0.39, 0.29) is 11.2 Å². The van der Waals surface area contributed by atoms with E-state index in [2.05, 4.69) is 51.1 Å². The lowest BCUT2D eigenvalue weighted by atomic mass is 9.64. The second-order valence-corrected chi connectivity index (χ2v) is 10.4. The zero-order valence-electron chi connectivity index (χ0n) is 18.0. The van der Waals surface area contributed by atoms with Crippen LogP contribution in [-0.4, -0.2) is 0 Å². The van der Waals surface area contributed by atoms with Crippen LogP contribution in [0.5, 0.6) is 0 Å². The summed E-state index contributed by atoms with van der Waals surface area (Å²) in [6.45, 7) is 6.99. The Hall–Kier alpha value is -1.37. The molecule has 1 aromatic rings. The van der Waals surface area contributed by atoms with Gasteiger partial charge < -0.3 is 0 Å². The minimum absolute atomic E-state index is 0.00749. The van der Waals surface area contributed by atoms with Gasteiger partial charge in [-0.15, -0.1) is 0 Å². The number of hydrogen-bond donors (Lipinski definition) is 0. The van der Waals surface area contributed by atoms with Gasteiger partial charge in [0.1, 0.15) is 5.83 Å². The van der Waals surface area contributed by atoms with Gasteiger partial charge in [-0.05, 0) is 78.4 Å². The highest BCUT2D eigenvalue weighted by Gasteiger charge is 2.36. The molecular formula is C27H37F. The Kier molecular flexibility index (Phi) is 5.81. The molecule has 1 heteroatoms. The highest BCUT2D eigenvalue weighted by molar-refractivity contribution is 5.78. The standard InChI is InChI=1S/C27H37F/c1-19-4-8-21(9-5-19)22-10-12-23(13-11-22)25-16-17-27(3,18-26(25)28)24-14-6-20(2)7-15-24/h10-13,16,18-21,24H,4-9,14-15,17H2,1-3H3/t19?,20?,21?,24?,27-/m0/s1. The second-order valence-electron chi connectivity index (χ2n) is 10.4. The molecule has 1 aromatic carbocycles. The summed E-state index contributed by atoms with van der Waals surface area (Å²) in [4.78, 5) is 0. The molecule has 0 radical (unpaired) electrons. The molecule has 0 spiro atoms. The van der Waals surface area contributed by atoms with Crippen molar-refractivity contribution in [1.82, 2.24) is 0 Å². The van der Waals surface area contributed by atoms with Crippen LogP contribution in [0.3, 0.4) is 0 Å². The van der Waals surface area contributed by atoms with Crippen LogP contribution in [0.25, 0.3) is 5.57 Å². The maximum absolute atomic E-state index is 15.2. The summed E-state index contributed by atoms with van der Waals surface area (Å²) >= 11 is 0. The topological polar surface area (TPSA) is 0 Å². The molecule has 2 fully saturated rings. The van der Waals surface area contributed by atoms with Crippen molar-refractivity contribution in [3.8, 4) is 0 Å². The summed E-state index contributed by atoms with van der Waals surface area (Å²) in [5.41, 5.74) is 3.29. The Morgan fingerprint density at radius 1 is 0.821 bits per heavy atom. The summed E-state index contributed by atoms with van der Waals surface area (Å²) in [6.07, 6.45) is 15.5.